The number of carbonyl (C=O) groups is 1. The number of rotatable bonds is 6. The van der Waals surface area contributed by atoms with Crippen LogP contribution in [-0.2, 0) is 27.2 Å². The van der Waals surface area contributed by atoms with Crippen molar-refractivity contribution in [2.24, 2.45) is 20.0 Å². The molecule has 0 bridgehead atoms. The number of hydrogen-bond donors (Lipinski definition) is 2. The van der Waals surface area contributed by atoms with Crippen LogP contribution in [0, 0.1) is 5.92 Å². The van der Waals surface area contributed by atoms with Crippen LogP contribution >= 0.6 is 11.6 Å². The van der Waals surface area contributed by atoms with Gasteiger partial charge in [-0.2, -0.15) is 5.10 Å². The molecule has 0 aliphatic carbocycles. The normalized spacial score (nSPS) is 14.1. The molecule has 214 valence electrons. The number of fused-ring (bicyclic) bond motifs is 2. The summed E-state index contributed by atoms with van der Waals surface area (Å²) in [6.07, 6.45) is 3.70. The maximum atomic E-state index is 13.7. The van der Waals surface area contributed by atoms with Crippen molar-refractivity contribution in [1.29, 1.82) is 0 Å². The molecule has 1 amide bonds. The Bertz CT molecular complexity index is 1920. The molecular formula is C29H33ClN8O3. The van der Waals surface area contributed by atoms with Crippen molar-refractivity contribution in [3.63, 3.8) is 0 Å². The van der Waals surface area contributed by atoms with Crippen LogP contribution in [0.3, 0.4) is 0 Å². The zero-order valence-electron chi connectivity index (χ0n) is 23.6. The molecule has 12 heteroatoms. The standard InChI is InChI=1S/C29H33ClN8O3/c1-17(2)14-37-26-24(28(40)35(4)29(37)41)25(23-11-18(15-34(23)3)27(39)36-9-7-31-8-10-36)38(33-26)16-19-13-32-22-6-5-20(30)12-21(19)22/h5-6,11-13,15,17,31-32H,7-10,14,16H2,1-4H3. The van der Waals surface area contributed by atoms with Gasteiger partial charge in [0.2, 0.25) is 0 Å². The van der Waals surface area contributed by atoms with Gasteiger partial charge in [0.15, 0.2) is 5.65 Å². The number of aromatic nitrogens is 6. The number of carbonyl (C=O) groups excluding carboxylic acids is 1. The summed E-state index contributed by atoms with van der Waals surface area (Å²) >= 11 is 6.32. The van der Waals surface area contributed by atoms with Gasteiger partial charge in [-0.3, -0.25) is 23.4 Å². The second kappa shape index (κ2) is 10.4. The SMILES string of the molecule is CC(C)Cn1c(=O)n(C)c(=O)c2c(-c3cc(C(=O)N4CCNCC4)cn3C)n(Cc3c[nH]c4ccc(Cl)cc34)nc21. The van der Waals surface area contributed by atoms with Gasteiger partial charge >= 0.3 is 5.69 Å². The number of aryl methyl sites for hydroxylation is 1. The number of halogens is 1. The molecule has 5 heterocycles. The largest absolute Gasteiger partial charge is 0.361 e. The molecule has 2 N–H and O–H groups in total. The van der Waals surface area contributed by atoms with Crippen LogP contribution in [0.1, 0.15) is 29.8 Å². The van der Waals surface area contributed by atoms with E-state index in [-0.39, 0.29) is 11.8 Å². The molecule has 41 heavy (non-hydrogen) atoms. The summed E-state index contributed by atoms with van der Waals surface area (Å²) in [5.41, 5.74) is 3.10. The van der Waals surface area contributed by atoms with Crippen LogP contribution in [0.25, 0.3) is 33.3 Å². The van der Waals surface area contributed by atoms with E-state index in [2.05, 4.69) is 10.3 Å². The van der Waals surface area contributed by atoms with E-state index >= 15 is 0 Å². The third-order valence-electron chi connectivity index (χ3n) is 7.72. The number of nitrogens with zero attached hydrogens (tertiary/aromatic N) is 6. The van der Waals surface area contributed by atoms with Gasteiger partial charge in [-0.1, -0.05) is 25.4 Å². The van der Waals surface area contributed by atoms with Crippen molar-refractivity contribution >= 4 is 39.4 Å². The van der Waals surface area contributed by atoms with Crippen LogP contribution in [0.15, 0.2) is 46.2 Å². The van der Waals surface area contributed by atoms with Crippen molar-refractivity contribution in [2.45, 2.75) is 26.9 Å². The summed E-state index contributed by atoms with van der Waals surface area (Å²) in [7, 11) is 3.35. The van der Waals surface area contributed by atoms with Gasteiger partial charge in [-0.25, -0.2) is 4.79 Å². The van der Waals surface area contributed by atoms with E-state index in [1.165, 1.54) is 7.05 Å². The Labute approximate surface area is 240 Å². The molecule has 0 spiro atoms. The smallest absolute Gasteiger partial charge is 0.332 e. The molecule has 1 aliphatic heterocycles. The van der Waals surface area contributed by atoms with E-state index in [1.54, 1.807) is 15.4 Å². The molecular weight excluding hydrogens is 544 g/mol. The minimum atomic E-state index is -0.426. The number of benzene rings is 1. The van der Waals surface area contributed by atoms with Crippen molar-refractivity contribution in [2.75, 3.05) is 26.2 Å². The van der Waals surface area contributed by atoms with E-state index < -0.39 is 11.2 Å². The van der Waals surface area contributed by atoms with Crippen molar-refractivity contribution in [1.82, 2.24) is 38.7 Å². The summed E-state index contributed by atoms with van der Waals surface area (Å²) < 4.78 is 6.33. The maximum absolute atomic E-state index is 13.7. The van der Waals surface area contributed by atoms with Crippen LogP contribution in [-0.4, -0.2) is 65.5 Å². The fraction of sp³-hybridized carbons (Fsp3) is 0.379. The molecule has 1 fully saturated rings. The number of nitrogens with one attached hydrogen (secondary N) is 2. The lowest BCUT2D eigenvalue weighted by molar-refractivity contribution is 0.0736. The molecule has 0 radical (unpaired) electrons. The van der Waals surface area contributed by atoms with Gasteiger partial charge in [0.25, 0.3) is 11.5 Å². The molecule has 4 aromatic heterocycles. The van der Waals surface area contributed by atoms with E-state index in [0.29, 0.717) is 59.2 Å². The average Bonchev–Trinajstić information content (AvgIpc) is 3.65. The fourth-order valence-electron chi connectivity index (χ4n) is 5.68. The molecule has 0 unspecified atom stereocenters. The van der Waals surface area contributed by atoms with Crippen LogP contribution in [0.4, 0.5) is 0 Å². The van der Waals surface area contributed by atoms with Gasteiger partial charge in [0.05, 0.1) is 17.8 Å². The highest BCUT2D eigenvalue weighted by Crippen LogP contribution is 2.31. The first kappa shape index (κ1) is 27.1. The van der Waals surface area contributed by atoms with Gasteiger partial charge in [0.1, 0.15) is 11.1 Å². The van der Waals surface area contributed by atoms with Crippen molar-refractivity contribution in [3.8, 4) is 11.4 Å². The Kier molecular flexibility index (Phi) is 6.87. The van der Waals surface area contributed by atoms with E-state index in [1.807, 2.05) is 60.8 Å². The second-order valence-corrected chi connectivity index (χ2v) is 11.6. The quantitative estimate of drug-likeness (QED) is 0.323. The predicted molar refractivity (Wildman–Crippen MR) is 160 cm³/mol. The van der Waals surface area contributed by atoms with E-state index in [0.717, 1.165) is 34.1 Å². The van der Waals surface area contributed by atoms with Gasteiger partial charge in [-0.15, -0.1) is 0 Å². The lowest BCUT2D eigenvalue weighted by Crippen LogP contribution is -2.46. The number of hydrogen-bond acceptors (Lipinski definition) is 5. The minimum Gasteiger partial charge on any atom is -0.361 e. The molecule has 6 rings (SSSR count). The van der Waals surface area contributed by atoms with Gasteiger partial charge in [-0.05, 0) is 35.7 Å². The summed E-state index contributed by atoms with van der Waals surface area (Å²) in [4.78, 5) is 45.5. The van der Waals surface area contributed by atoms with Crippen LogP contribution in [0.2, 0.25) is 5.02 Å². The highest BCUT2D eigenvalue weighted by atomic mass is 35.5. The Morgan fingerprint density at radius 1 is 1.12 bits per heavy atom. The maximum Gasteiger partial charge on any atom is 0.332 e. The first-order valence-corrected chi connectivity index (χ1v) is 14.1. The molecule has 0 atom stereocenters. The summed E-state index contributed by atoms with van der Waals surface area (Å²) in [6, 6.07) is 7.46. The third-order valence-corrected chi connectivity index (χ3v) is 7.96. The number of H-pyrrole nitrogens is 1. The Hall–Kier alpha value is -4.09. The van der Waals surface area contributed by atoms with Gasteiger partial charge < -0.3 is 19.8 Å². The summed E-state index contributed by atoms with van der Waals surface area (Å²) in [5, 5.41) is 10.1. The lowest BCUT2D eigenvalue weighted by atomic mass is 10.1. The van der Waals surface area contributed by atoms with Crippen molar-refractivity contribution in [3.05, 3.63) is 73.6 Å². The van der Waals surface area contributed by atoms with Crippen LogP contribution < -0.4 is 16.6 Å². The van der Waals surface area contributed by atoms with Crippen LogP contribution in [0.5, 0.6) is 0 Å². The third kappa shape index (κ3) is 4.68. The van der Waals surface area contributed by atoms with Gasteiger partial charge in [0, 0.05) is 75.1 Å². The number of piperazine rings is 1. The second-order valence-electron chi connectivity index (χ2n) is 11.1. The highest BCUT2D eigenvalue weighted by molar-refractivity contribution is 6.31. The summed E-state index contributed by atoms with van der Waals surface area (Å²) in [5.74, 6) is 0.0932. The fourth-order valence-corrected chi connectivity index (χ4v) is 5.85. The van der Waals surface area contributed by atoms with E-state index in [9.17, 15) is 14.4 Å². The predicted octanol–water partition coefficient (Wildman–Crippen LogP) is 2.79. The van der Waals surface area contributed by atoms with Crippen molar-refractivity contribution < 1.29 is 4.79 Å². The Balaban J connectivity index is 1.59. The Morgan fingerprint density at radius 2 is 1.88 bits per heavy atom. The summed E-state index contributed by atoms with van der Waals surface area (Å²) in [6.45, 7) is 7.52. The molecule has 0 saturated carbocycles. The lowest BCUT2D eigenvalue weighted by Gasteiger charge is -2.27. The molecule has 1 saturated heterocycles. The Morgan fingerprint density at radius 3 is 2.61 bits per heavy atom. The zero-order valence-corrected chi connectivity index (χ0v) is 24.3. The highest BCUT2D eigenvalue weighted by Gasteiger charge is 2.27. The minimum absolute atomic E-state index is 0.0559. The monoisotopic (exact) mass is 576 g/mol. The first-order chi connectivity index (χ1) is 19.6. The number of amides is 1. The van der Waals surface area contributed by atoms with E-state index in [4.69, 9.17) is 16.7 Å². The molecule has 1 aromatic carbocycles. The molecule has 5 aromatic rings. The molecule has 1 aliphatic rings. The topological polar surface area (TPSA) is 115 Å². The zero-order chi connectivity index (χ0) is 29.0. The average molecular weight is 577 g/mol. The number of aromatic amines is 1. The first-order valence-electron chi connectivity index (χ1n) is 13.8. The molecule has 11 nitrogen and oxygen atoms in total.